The van der Waals surface area contributed by atoms with Gasteiger partial charge in [-0.15, -0.1) is 0 Å². The molecule has 0 unspecified atom stereocenters. The summed E-state index contributed by atoms with van der Waals surface area (Å²) in [6, 6.07) is 4.01. The summed E-state index contributed by atoms with van der Waals surface area (Å²) in [5, 5.41) is 3.31. The number of carbonyl (C=O) groups is 2. The number of furan rings is 1. The molecule has 8 heteroatoms. The normalized spacial score (nSPS) is 25.5. The minimum absolute atomic E-state index is 0.0335. The van der Waals surface area contributed by atoms with E-state index in [-0.39, 0.29) is 17.9 Å². The van der Waals surface area contributed by atoms with Crippen molar-refractivity contribution in [3.63, 3.8) is 0 Å². The average Bonchev–Trinajstić information content (AvgIpc) is 3.32. The van der Waals surface area contributed by atoms with E-state index in [4.69, 9.17) is 4.42 Å². The second-order valence-electron chi connectivity index (χ2n) is 10.4. The Hall–Kier alpha value is -2.32. The van der Waals surface area contributed by atoms with E-state index in [1.165, 1.54) is 6.42 Å². The topological polar surface area (TPSA) is 74.0 Å². The fourth-order valence-electron chi connectivity index (χ4n) is 5.71. The molecule has 1 saturated heterocycles. The minimum Gasteiger partial charge on any atom is -0.460 e. The monoisotopic (exact) mass is 455 g/mol. The molecule has 0 bridgehead atoms. The van der Waals surface area contributed by atoms with Crippen LogP contribution in [0.25, 0.3) is 11.1 Å². The minimum atomic E-state index is -0.939. The van der Waals surface area contributed by atoms with Crippen LogP contribution < -0.4 is 5.32 Å². The summed E-state index contributed by atoms with van der Waals surface area (Å²) < 4.78 is 7.80. The van der Waals surface area contributed by atoms with Crippen molar-refractivity contribution in [1.82, 2.24) is 24.6 Å². The number of aryl methyl sites for hydroxylation is 1. The highest BCUT2D eigenvalue weighted by Crippen LogP contribution is 2.34. The lowest BCUT2D eigenvalue weighted by Gasteiger charge is -2.45. The van der Waals surface area contributed by atoms with Crippen molar-refractivity contribution in [2.24, 2.45) is 0 Å². The van der Waals surface area contributed by atoms with Crippen molar-refractivity contribution in [3.8, 4) is 0 Å². The highest BCUT2D eigenvalue weighted by atomic mass is 16.3. The first-order valence-corrected chi connectivity index (χ1v) is 12.5. The number of hydrogen-bond acceptors (Lipinski definition) is 5. The van der Waals surface area contributed by atoms with Gasteiger partial charge in [0.15, 0.2) is 5.58 Å². The molecule has 2 amide bonds. The molecule has 2 aliphatic heterocycles. The Labute approximate surface area is 195 Å². The lowest BCUT2D eigenvalue weighted by atomic mass is 9.91. The summed E-state index contributed by atoms with van der Waals surface area (Å²) in [4.78, 5) is 34.1. The fourth-order valence-corrected chi connectivity index (χ4v) is 5.71. The summed E-state index contributed by atoms with van der Waals surface area (Å²) >= 11 is 0. The van der Waals surface area contributed by atoms with Gasteiger partial charge >= 0.3 is 0 Å². The third-order valence-electron chi connectivity index (χ3n) is 7.90. The summed E-state index contributed by atoms with van der Waals surface area (Å²) in [6.07, 6.45) is 5.60. The van der Waals surface area contributed by atoms with Gasteiger partial charge in [0.05, 0.1) is 12.1 Å². The van der Waals surface area contributed by atoms with E-state index in [2.05, 4.69) is 22.2 Å². The SMILES string of the molecule is Cc1cc2c(cc3n2C[C@](C)(C(=O)NC2CCCCC2)N(CCN2CCN(C)CC2)C3=O)o1. The number of amides is 2. The van der Waals surface area contributed by atoms with Gasteiger partial charge in [-0.25, -0.2) is 0 Å². The second kappa shape index (κ2) is 8.80. The third kappa shape index (κ3) is 4.19. The highest BCUT2D eigenvalue weighted by Gasteiger charge is 2.48. The van der Waals surface area contributed by atoms with E-state index < -0.39 is 5.54 Å². The predicted octanol–water partition coefficient (Wildman–Crippen LogP) is 2.45. The molecule has 180 valence electrons. The molecule has 0 aromatic carbocycles. The molecule has 33 heavy (non-hydrogen) atoms. The van der Waals surface area contributed by atoms with Gasteiger partial charge in [0.2, 0.25) is 5.91 Å². The van der Waals surface area contributed by atoms with Crippen LogP contribution in [0.2, 0.25) is 0 Å². The van der Waals surface area contributed by atoms with Gasteiger partial charge in [-0.2, -0.15) is 0 Å². The highest BCUT2D eigenvalue weighted by molar-refractivity contribution is 6.03. The van der Waals surface area contributed by atoms with Gasteiger partial charge in [-0.1, -0.05) is 19.3 Å². The van der Waals surface area contributed by atoms with E-state index >= 15 is 0 Å². The zero-order chi connectivity index (χ0) is 23.2. The maximum atomic E-state index is 13.8. The number of carbonyl (C=O) groups excluding carboxylic acids is 2. The van der Waals surface area contributed by atoms with Crippen LogP contribution in [0.1, 0.15) is 55.3 Å². The van der Waals surface area contributed by atoms with E-state index in [0.29, 0.717) is 24.4 Å². The molecular formula is C25H37N5O3. The first kappa shape index (κ1) is 22.5. The van der Waals surface area contributed by atoms with Crippen LogP contribution in [0.15, 0.2) is 16.5 Å². The van der Waals surface area contributed by atoms with Crippen molar-refractivity contribution in [2.75, 3.05) is 46.3 Å². The van der Waals surface area contributed by atoms with Gasteiger partial charge < -0.3 is 24.1 Å². The number of piperazine rings is 1. The maximum Gasteiger partial charge on any atom is 0.271 e. The lowest BCUT2D eigenvalue weighted by molar-refractivity contribution is -0.134. The third-order valence-corrected chi connectivity index (χ3v) is 7.90. The molecule has 1 N–H and O–H groups in total. The zero-order valence-corrected chi connectivity index (χ0v) is 20.2. The first-order chi connectivity index (χ1) is 15.8. The Kier molecular flexibility index (Phi) is 5.99. The van der Waals surface area contributed by atoms with Crippen LogP contribution in [-0.4, -0.2) is 89.0 Å². The molecule has 1 aliphatic carbocycles. The van der Waals surface area contributed by atoms with Gasteiger partial charge in [0, 0.05) is 57.4 Å². The number of likely N-dealkylation sites (N-methyl/N-ethyl adjacent to an activating group) is 1. The maximum absolute atomic E-state index is 13.8. The Morgan fingerprint density at radius 1 is 1.12 bits per heavy atom. The van der Waals surface area contributed by atoms with E-state index in [0.717, 1.165) is 69.7 Å². The van der Waals surface area contributed by atoms with Crippen LogP contribution in [0, 0.1) is 6.92 Å². The van der Waals surface area contributed by atoms with Crippen molar-refractivity contribution in [2.45, 2.75) is 64.1 Å². The Balaban J connectivity index is 1.42. The molecule has 2 aromatic heterocycles. The van der Waals surface area contributed by atoms with Crippen LogP contribution in [0.5, 0.6) is 0 Å². The molecular weight excluding hydrogens is 418 g/mol. The van der Waals surface area contributed by atoms with E-state index in [9.17, 15) is 9.59 Å². The number of nitrogens with zero attached hydrogens (tertiary/aromatic N) is 4. The largest absolute Gasteiger partial charge is 0.460 e. The summed E-state index contributed by atoms with van der Waals surface area (Å²) in [5.74, 6) is 0.697. The van der Waals surface area contributed by atoms with Crippen LogP contribution >= 0.6 is 0 Å². The number of rotatable bonds is 5. The van der Waals surface area contributed by atoms with Crippen LogP contribution in [0.3, 0.4) is 0 Å². The molecule has 1 atom stereocenters. The Bertz CT molecular complexity index is 1030. The first-order valence-electron chi connectivity index (χ1n) is 12.5. The number of nitrogens with one attached hydrogen (secondary N) is 1. The van der Waals surface area contributed by atoms with Gasteiger partial charge in [0.25, 0.3) is 5.91 Å². The summed E-state index contributed by atoms with van der Waals surface area (Å²) in [5.41, 5.74) is 1.29. The van der Waals surface area contributed by atoms with Crippen LogP contribution in [-0.2, 0) is 11.3 Å². The summed E-state index contributed by atoms with van der Waals surface area (Å²) in [6.45, 7) is 9.67. The smallest absolute Gasteiger partial charge is 0.271 e. The molecule has 3 aliphatic rings. The van der Waals surface area contributed by atoms with Crippen molar-refractivity contribution in [3.05, 3.63) is 23.6 Å². The van der Waals surface area contributed by atoms with Gasteiger partial charge in [-0.3, -0.25) is 14.5 Å². The van der Waals surface area contributed by atoms with E-state index in [1.54, 1.807) is 0 Å². The molecule has 2 aromatic rings. The average molecular weight is 456 g/mol. The van der Waals surface area contributed by atoms with Crippen molar-refractivity contribution in [1.29, 1.82) is 0 Å². The standard InChI is InChI=1S/C25H37N5O3/c1-18-15-20-22(33-18)16-21-23(31)30(14-13-28-11-9-27(3)10-12-28)25(2,17-29(20)21)24(32)26-19-7-5-4-6-8-19/h15-16,19H,4-14,17H2,1-3H3,(H,26,32)/t25-/m1/s1. The predicted molar refractivity (Wildman–Crippen MR) is 127 cm³/mol. The van der Waals surface area contributed by atoms with Crippen molar-refractivity contribution < 1.29 is 14.0 Å². The van der Waals surface area contributed by atoms with E-state index in [1.807, 2.05) is 35.4 Å². The van der Waals surface area contributed by atoms with Gasteiger partial charge in [0.1, 0.15) is 17.0 Å². The molecule has 5 rings (SSSR count). The zero-order valence-electron chi connectivity index (χ0n) is 20.2. The lowest BCUT2D eigenvalue weighted by Crippen LogP contribution is -2.66. The van der Waals surface area contributed by atoms with Gasteiger partial charge in [-0.05, 0) is 33.7 Å². The molecule has 2 fully saturated rings. The Morgan fingerprint density at radius 3 is 2.58 bits per heavy atom. The molecule has 0 spiro atoms. The number of fused-ring (bicyclic) bond motifs is 3. The van der Waals surface area contributed by atoms with Crippen molar-refractivity contribution >= 4 is 22.9 Å². The molecule has 1 saturated carbocycles. The molecule has 0 radical (unpaired) electrons. The quantitative estimate of drug-likeness (QED) is 0.750. The summed E-state index contributed by atoms with van der Waals surface area (Å²) in [7, 11) is 2.14. The molecule has 8 nitrogen and oxygen atoms in total. The molecule has 4 heterocycles. The Morgan fingerprint density at radius 2 is 1.85 bits per heavy atom. The fraction of sp³-hybridized carbons (Fsp3) is 0.680. The van der Waals surface area contributed by atoms with Crippen LogP contribution in [0.4, 0.5) is 0 Å². The second-order valence-corrected chi connectivity index (χ2v) is 10.4. The number of aromatic nitrogens is 1. The number of hydrogen-bond donors (Lipinski definition) is 1.